The predicted octanol–water partition coefficient (Wildman–Crippen LogP) is 3.37. The minimum atomic E-state index is -4.44. The van der Waals surface area contributed by atoms with E-state index in [1.807, 2.05) is 29.6 Å². The number of nitrogens with zero attached hydrogens (tertiary/aromatic N) is 2. The fourth-order valence-corrected chi connectivity index (χ4v) is 2.75. The number of urea groups is 1. The van der Waals surface area contributed by atoms with E-state index in [1.54, 1.807) is 0 Å². The number of rotatable bonds is 5. The number of hydrogen-bond donors (Lipinski definition) is 1. The smallest absolute Gasteiger partial charge is 0.326 e. The van der Waals surface area contributed by atoms with E-state index in [1.165, 1.54) is 24.8 Å². The second-order valence-electron chi connectivity index (χ2n) is 6.32. The van der Waals surface area contributed by atoms with Crippen molar-refractivity contribution >= 4 is 6.03 Å². The van der Waals surface area contributed by atoms with E-state index < -0.39 is 18.2 Å². The maximum absolute atomic E-state index is 12.6. The Hall–Kier alpha value is -1.76. The van der Waals surface area contributed by atoms with E-state index in [4.69, 9.17) is 0 Å². The lowest BCUT2D eigenvalue weighted by atomic mass is 10.1. The molecule has 1 aromatic rings. The van der Waals surface area contributed by atoms with E-state index in [2.05, 4.69) is 4.90 Å². The Balaban J connectivity index is 1.98. The van der Waals surface area contributed by atoms with Crippen molar-refractivity contribution in [2.75, 3.05) is 20.1 Å². The van der Waals surface area contributed by atoms with Crippen LogP contribution in [-0.2, 0) is 13.1 Å². The maximum Gasteiger partial charge on any atom is 0.408 e. The molecule has 0 unspecified atom stereocenters. The molecule has 0 aliphatic carbocycles. The molecule has 1 saturated heterocycles. The average molecular weight is 343 g/mol. The summed E-state index contributed by atoms with van der Waals surface area (Å²) in [5.41, 5.74) is 2.07. The third-order valence-electron chi connectivity index (χ3n) is 4.30. The Labute approximate surface area is 140 Å². The summed E-state index contributed by atoms with van der Waals surface area (Å²) < 4.78 is 37.7. The number of likely N-dealkylation sites (tertiary alicyclic amines) is 1. The van der Waals surface area contributed by atoms with Crippen LogP contribution in [0.25, 0.3) is 0 Å². The molecule has 1 aromatic carbocycles. The summed E-state index contributed by atoms with van der Waals surface area (Å²) in [6, 6.07) is 5.16. The summed E-state index contributed by atoms with van der Waals surface area (Å²) in [6.07, 6.45) is -2.05. The fourth-order valence-electron chi connectivity index (χ4n) is 2.75. The zero-order valence-electron chi connectivity index (χ0n) is 14.1. The van der Waals surface area contributed by atoms with Crippen molar-refractivity contribution < 1.29 is 18.0 Å². The lowest BCUT2D eigenvalue weighted by molar-refractivity contribution is -0.149. The zero-order chi connectivity index (χ0) is 17.7. The highest BCUT2D eigenvalue weighted by Gasteiger charge is 2.37. The van der Waals surface area contributed by atoms with Gasteiger partial charge in [0.2, 0.25) is 0 Å². The van der Waals surface area contributed by atoms with Gasteiger partial charge in [-0.3, -0.25) is 4.90 Å². The number of halogens is 3. The molecule has 1 aliphatic heterocycles. The Morgan fingerprint density at radius 3 is 2.42 bits per heavy atom. The van der Waals surface area contributed by atoms with Crippen molar-refractivity contribution in [2.45, 2.75) is 45.1 Å². The van der Waals surface area contributed by atoms with Gasteiger partial charge in [0, 0.05) is 20.1 Å². The van der Waals surface area contributed by atoms with Gasteiger partial charge in [0.15, 0.2) is 0 Å². The number of benzene rings is 1. The number of amides is 2. The third-order valence-corrected chi connectivity index (χ3v) is 4.30. The lowest BCUT2D eigenvalue weighted by Crippen LogP contribution is -2.47. The van der Waals surface area contributed by atoms with Gasteiger partial charge in [0.1, 0.15) is 6.04 Å². The predicted molar refractivity (Wildman–Crippen MR) is 86.5 cm³/mol. The molecular weight excluding hydrogens is 319 g/mol. The van der Waals surface area contributed by atoms with E-state index in [9.17, 15) is 18.0 Å². The van der Waals surface area contributed by atoms with Gasteiger partial charge < -0.3 is 10.2 Å². The van der Waals surface area contributed by atoms with E-state index in [0.29, 0.717) is 0 Å². The highest BCUT2D eigenvalue weighted by molar-refractivity contribution is 5.74. The first-order valence-electron chi connectivity index (χ1n) is 8.15. The van der Waals surface area contributed by atoms with Crippen molar-refractivity contribution in [1.29, 1.82) is 0 Å². The van der Waals surface area contributed by atoms with Crippen LogP contribution in [0.3, 0.4) is 0 Å². The van der Waals surface area contributed by atoms with Gasteiger partial charge >= 0.3 is 12.2 Å². The normalized spacial score (nSPS) is 16.9. The minimum absolute atomic E-state index is 0.278. The number of nitrogens with one attached hydrogen (secondary N) is 1. The molecule has 2 rings (SSSR count). The first kappa shape index (κ1) is 18.6. The molecule has 0 bridgehead atoms. The Morgan fingerprint density at radius 2 is 1.83 bits per heavy atom. The summed E-state index contributed by atoms with van der Waals surface area (Å²) in [4.78, 5) is 15.6. The topological polar surface area (TPSA) is 35.6 Å². The molecule has 1 N–H and O–H groups in total. The van der Waals surface area contributed by atoms with E-state index in [0.717, 1.165) is 37.7 Å². The van der Waals surface area contributed by atoms with Gasteiger partial charge in [-0.2, -0.15) is 13.2 Å². The molecule has 1 atom stereocenters. The second-order valence-corrected chi connectivity index (χ2v) is 6.32. The highest BCUT2D eigenvalue weighted by atomic mass is 19.4. The molecule has 7 heteroatoms. The summed E-state index contributed by atoms with van der Waals surface area (Å²) in [5.74, 6) is 0. The molecule has 2 amide bonds. The molecule has 1 aliphatic rings. The van der Waals surface area contributed by atoms with Crippen molar-refractivity contribution in [3.63, 3.8) is 0 Å². The van der Waals surface area contributed by atoms with Crippen LogP contribution in [0, 0.1) is 0 Å². The Kier molecular flexibility index (Phi) is 6.10. The van der Waals surface area contributed by atoms with E-state index >= 15 is 0 Å². The number of hydrogen-bond acceptors (Lipinski definition) is 2. The number of carbonyl (C=O) groups excluding carboxylic acids is 1. The second kappa shape index (κ2) is 7.88. The molecular formula is C17H24F3N3O. The standard InChI is InChI=1S/C17H24F3N3O/c1-13(17(18,19)20)21-16(24)22(2)11-14-7-3-4-8-15(14)12-23-9-5-6-10-23/h3-4,7-8,13H,5-6,9-12H2,1-2H3,(H,21,24)/t13-/m1/s1. The van der Waals surface area contributed by atoms with Crippen LogP contribution in [0.2, 0.25) is 0 Å². The van der Waals surface area contributed by atoms with Crippen LogP contribution in [0.5, 0.6) is 0 Å². The zero-order valence-corrected chi connectivity index (χ0v) is 14.1. The van der Waals surface area contributed by atoms with Gasteiger partial charge in [0.25, 0.3) is 0 Å². The van der Waals surface area contributed by atoms with Crippen LogP contribution in [-0.4, -0.2) is 48.2 Å². The van der Waals surface area contributed by atoms with Gasteiger partial charge in [-0.25, -0.2) is 4.79 Å². The number of alkyl halides is 3. The van der Waals surface area contributed by atoms with Crippen molar-refractivity contribution in [1.82, 2.24) is 15.1 Å². The molecule has 0 aromatic heterocycles. The summed E-state index contributed by atoms with van der Waals surface area (Å²) in [7, 11) is 1.51. The minimum Gasteiger partial charge on any atom is -0.326 e. The number of carbonyl (C=O) groups is 1. The maximum atomic E-state index is 12.6. The lowest BCUT2D eigenvalue weighted by Gasteiger charge is -2.24. The largest absolute Gasteiger partial charge is 0.408 e. The molecule has 1 fully saturated rings. The summed E-state index contributed by atoms with van der Waals surface area (Å²) in [6.45, 7) is 4.15. The van der Waals surface area contributed by atoms with Gasteiger partial charge in [-0.15, -0.1) is 0 Å². The van der Waals surface area contributed by atoms with Crippen molar-refractivity contribution in [2.24, 2.45) is 0 Å². The molecule has 1 heterocycles. The average Bonchev–Trinajstić information content (AvgIpc) is 3.01. The molecule has 24 heavy (non-hydrogen) atoms. The van der Waals surface area contributed by atoms with Gasteiger partial charge in [-0.05, 0) is 44.0 Å². The molecule has 0 radical (unpaired) electrons. The molecule has 134 valence electrons. The SMILES string of the molecule is C[C@@H](NC(=O)N(C)Cc1ccccc1CN1CCCC1)C(F)(F)F. The first-order chi connectivity index (χ1) is 11.3. The van der Waals surface area contributed by atoms with Crippen LogP contribution < -0.4 is 5.32 Å². The van der Waals surface area contributed by atoms with Crippen LogP contribution in [0.15, 0.2) is 24.3 Å². The molecule has 4 nitrogen and oxygen atoms in total. The Bertz CT molecular complexity index is 556. The van der Waals surface area contributed by atoms with Crippen molar-refractivity contribution in [3.05, 3.63) is 35.4 Å². The van der Waals surface area contributed by atoms with Gasteiger partial charge in [-0.1, -0.05) is 24.3 Å². The molecule has 0 spiro atoms. The van der Waals surface area contributed by atoms with Crippen LogP contribution in [0.4, 0.5) is 18.0 Å². The quantitative estimate of drug-likeness (QED) is 0.890. The van der Waals surface area contributed by atoms with Crippen molar-refractivity contribution in [3.8, 4) is 0 Å². The first-order valence-corrected chi connectivity index (χ1v) is 8.15. The van der Waals surface area contributed by atoms with Gasteiger partial charge in [0.05, 0.1) is 0 Å². The Morgan fingerprint density at radius 1 is 1.25 bits per heavy atom. The van der Waals surface area contributed by atoms with Crippen LogP contribution in [0.1, 0.15) is 30.9 Å². The fraction of sp³-hybridized carbons (Fsp3) is 0.588. The third kappa shape index (κ3) is 5.12. The summed E-state index contributed by atoms with van der Waals surface area (Å²) >= 11 is 0. The van der Waals surface area contributed by atoms with E-state index in [-0.39, 0.29) is 6.54 Å². The summed E-state index contributed by atoms with van der Waals surface area (Å²) in [5, 5.41) is 1.98. The monoisotopic (exact) mass is 343 g/mol. The highest BCUT2D eigenvalue weighted by Crippen LogP contribution is 2.20. The molecule has 0 saturated carbocycles. The van der Waals surface area contributed by atoms with Crippen LogP contribution >= 0.6 is 0 Å².